The molecule has 1 saturated carbocycles. The third-order valence-electron chi connectivity index (χ3n) is 6.95. The summed E-state index contributed by atoms with van der Waals surface area (Å²) in [6.45, 7) is 4.88. The number of hydrogen-bond acceptors (Lipinski definition) is 7. The van der Waals surface area contributed by atoms with Gasteiger partial charge in [-0.15, -0.1) is 0 Å². The van der Waals surface area contributed by atoms with Gasteiger partial charge >= 0.3 is 0 Å². The second-order valence-electron chi connectivity index (χ2n) is 9.25. The number of piperazine rings is 1. The monoisotopic (exact) mass is 482 g/mol. The maximum absolute atomic E-state index is 12.7. The number of methoxy groups -OCH3 is 1. The van der Waals surface area contributed by atoms with Gasteiger partial charge in [-0.2, -0.15) is 0 Å². The van der Waals surface area contributed by atoms with Crippen LogP contribution in [-0.2, 0) is 9.53 Å². The van der Waals surface area contributed by atoms with Gasteiger partial charge in [0.1, 0.15) is 12.4 Å². The highest BCUT2D eigenvalue weighted by atomic mass is 16.6. The Hall–Kier alpha value is -3.33. The van der Waals surface area contributed by atoms with Crippen LogP contribution in [0.2, 0.25) is 0 Å². The lowest BCUT2D eigenvalue weighted by molar-refractivity contribution is -0.385. The first-order valence-electron chi connectivity index (χ1n) is 12.2. The molecule has 0 aromatic heterocycles. The SMILES string of the molecule is COc1ccc(N2CCN(C(=O)COC3CCC(Nc4ccc([N+](=O)[O-])c(C)c4)CC3)CC2)cc1. The fourth-order valence-corrected chi connectivity index (χ4v) is 4.85. The molecule has 1 saturated heterocycles. The van der Waals surface area contributed by atoms with Gasteiger partial charge in [-0.25, -0.2) is 0 Å². The van der Waals surface area contributed by atoms with Gasteiger partial charge in [0.15, 0.2) is 0 Å². The van der Waals surface area contributed by atoms with E-state index in [1.807, 2.05) is 35.2 Å². The topological polar surface area (TPSA) is 97.2 Å². The number of aryl methyl sites for hydroxylation is 1. The summed E-state index contributed by atoms with van der Waals surface area (Å²) in [5.74, 6) is 0.895. The van der Waals surface area contributed by atoms with Crippen molar-refractivity contribution in [1.82, 2.24) is 4.90 Å². The molecule has 2 aliphatic rings. The number of nitro benzene ring substituents is 1. The third kappa shape index (κ3) is 6.42. The number of carbonyl (C=O) groups is 1. The van der Waals surface area contributed by atoms with Gasteiger partial charge in [-0.3, -0.25) is 14.9 Å². The van der Waals surface area contributed by atoms with E-state index in [9.17, 15) is 14.9 Å². The number of nitrogens with one attached hydrogen (secondary N) is 1. The van der Waals surface area contributed by atoms with Gasteiger partial charge in [0.2, 0.25) is 5.91 Å². The second kappa shape index (κ2) is 11.4. The summed E-state index contributed by atoms with van der Waals surface area (Å²) >= 11 is 0. The van der Waals surface area contributed by atoms with Crippen LogP contribution in [0.25, 0.3) is 0 Å². The first kappa shape index (κ1) is 24.8. The second-order valence-corrected chi connectivity index (χ2v) is 9.25. The fourth-order valence-electron chi connectivity index (χ4n) is 4.85. The highest BCUT2D eigenvalue weighted by Gasteiger charge is 2.25. The highest BCUT2D eigenvalue weighted by molar-refractivity contribution is 5.77. The summed E-state index contributed by atoms with van der Waals surface area (Å²) in [6.07, 6.45) is 3.76. The molecule has 0 bridgehead atoms. The molecule has 188 valence electrons. The van der Waals surface area contributed by atoms with E-state index in [1.165, 1.54) is 0 Å². The molecule has 0 unspecified atom stereocenters. The summed E-state index contributed by atoms with van der Waals surface area (Å²) in [5, 5.41) is 14.5. The summed E-state index contributed by atoms with van der Waals surface area (Å²) in [4.78, 5) is 27.5. The Morgan fingerprint density at radius 2 is 1.74 bits per heavy atom. The molecule has 2 aromatic rings. The maximum atomic E-state index is 12.7. The zero-order valence-corrected chi connectivity index (χ0v) is 20.4. The largest absolute Gasteiger partial charge is 0.497 e. The van der Waals surface area contributed by atoms with E-state index in [4.69, 9.17) is 9.47 Å². The average Bonchev–Trinajstić information content (AvgIpc) is 2.88. The van der Waals surface area contributed by atoms with Crippen LogP contribution in [0.4, 0.5) is 17.1 Å². The van der Waals surface area contributed by atoms with E-state index in [2.05, 4.69) is 10.2 Å². The number of amides is 1. The lowest BCUT2D eigenvalue weighted by Crippen LogP contribution is -2.50. The van der Waals surface area contributed by atoms with Crippen LogP contribution in [-0.4, -0.2) is 67.8 Å². The van der Waals surface area contributed by atoms with E-state index in [0.29, 0.717) is 24.7 Å². The molecule has 35 heavy (non-hydrogen) atoms. The molecule has 1 heterocycles. The molecule has 0 spiro atoms. The average molecular weight is 483 g/mol. The third-order valence-corrected chi connectivity index (χ3v) is 6.95. The van der Waals surface area contributed by atoms with Crippen LogP contribution >= 0.6 is 0 Å². The van der Waals surface area contributed by atoms with E-state index >= 15 is 0 Å². The first-order valence-corrected chi connectivity index (χ1v) is 12.2. The molecule has 1 amide bonds. The number of carbonyl (C=O) groups excluding carboxylic acids is 1. The van der Waals surface area contributed by atoms with Crippen molar-refractivity contribution in [3.63, 3.8) is 0 Å². The van der Waals surface area contributed by atoms with Crippen LogP contribution < -0.4 is 15.0 Å². The maximum Gasteiger partial charge on any atom is 0.272 e. The number of anilines is 2. The Bertz CT molecular complexity index is 1010. The van der Waals surface area contributed by atoms with E-state index < -0.39 is 0 Å². The van der Waals surface area contributed by atoms with Crippen molar-refractivity contribution < 1.29 is 19.2 Å². The Morgan fingerprint density at radius 3 is 2.34 bits per heavy atom. The number of nitro groups is 1. The van der Waals surface area contributed by atoms with Crippen molar-refractivity contribution in [2.75, 3.05) is 50.1 Å². The summed E-state index contributed by atoms with van der Waals surface area (Å²) in [5.41, 5.74) is 2.84. The van der Waals surface area contributed by atoms with Gasteiger partial charge in [0.05, 0.1) is 18.1 Å². The minimum Gasteiger partial charge on any atom is -0.497 e. The molecule has 4 rings (SSSR count). The molecule has 1 N–H and O–H groups in total. The van der Waals surface area contributed by atoms with E-state index in [1.54, 1.807) is 26.2 Å². The van der Waals surface area contributed by atoms with Crippen LogP contribution in [0.15, 0.2) is 42.5 Å². The Balaban J connectivity index is 1.16. The highest BCUT2D eigenvalue weighted by Crippen LogP contribution is 2.27. The number of rotatable bonds is 8. The minimum absolute atomic E-state index is 0.0565. The summed E-state index contributed by atoms with van der Waals surface area (Å²) in [7, 11) is 1.66. The van der Waals surface area contributed by atoms with Crippen molar-refractivity contribution in [2.24, 2.45) is 0 Å². The predicted octanol–water partition coefficient (Wildman–Crippen LogP) is 4.00. The number of nitrogens with zero attached hydrogens (tertiary/aromatic N) is 3. The van der Waals surface area contributed by atoms with Crippen molar-refractivity contribution >= 4 is 23.0 Å². The Morgan fingerprint density at radius 1 is 1.06 bits per heavy atom. The zero-order chi connectivity index (χ0) is 24.8. The molecular formula is C26H34N4O5. The first-order chi connectivity index (χ1) is 16.9. The van der Waals surface area contributed by atoms with Crippen LogP contribution in [0.3, 0.4) is 0 Å². The molecule has 2 aromatic carbocycles. The molecule has 2 fully saturated rings. The van der Waals surface area contributed by atoms with Gasteiger partial charge in [0, 0.05) is 55.2 Å². The number of benzene rings is 2. The fraction of sp³-hybridized carbons (Fsp3) is 0.500. The van der Waals surface area contributed by atoms with Crippen LogP contribution in [0.1, 0.15) is 31.2 Å². The van der Waals surface area contributed by atoms with Crippen LogP contribution in [0.5, 0.6) is 5.75 Å². The van der Waals surface area contributed by atoms with Crippen molar-refractivity contribution in [3.05, 3.63) is 58.1 Å². The predicted molar refractivity (Wildman–Crippen MR) is 135 cm³/mol. The van der Waals surface area contributed by atoms with Crippen molar-refractivity contribution in [1.29, 1.82) is 0 Å². The molecule has 1 aliphatic carbocycles. The Kier molecular flexibility index (Phi) is 8.07. The summed E-state index contributed by atoms with van der Waals surface area (Å²) in [6, 6.07) is 13.5. The molecule has 0 radical (unpaired) electrons. The van der Waals surface area contributed by atoms with Crippen LogP contribution in [0, 0.1) is 17.0 Å². The molecular weight excluding hydrogens is 448 g/mol. The quantitative estimate of drug-likeness (QED) is 0.449. The van der Waals surface area contributed by atoms with Gasteiger partial charge in [-0.1, -0.05) is 0 Å². The van der Waals surface area contributed by atoms with Gasteiger partial charge < -0.3 is 24.6 Å². The smallest absolute Gasteiger partial charge is 0.272 e. The van der Waals surface area contributed by atoms with Gasteiger partial charge in [0.25, 0.3) is 5.69 Å². The number of hydrogen-bond donors (Lipinski definition) is 1. The molecule has 9 nitrogen and oxygen atoms in total. The van der Waals surface area contributed by atoms with Crippen molar-refractivity contribution in [3.8, 4) is 5.75 Å². The van der Waals surface area contributed by atoms with E-state index in [0.717, 1.165) is 55.9 Å². The van der Waals surface area contributed by atoms with E-state index in [-0.39, 0.29) is 29.2 Å². The van der Waals surface area contributed by atoms with Gasteiger partial charge in [-0.05, 0) is 69.0 Å². The van der Waals surface area contributed by atoms with Crippen molar-refractivity contribution in [2.45, 2.75) is 44.8 Å². The molecule has 0 atom stereocenters. The zero-order valence-electron chi connectivity index (χ0n) is 20.4. The molecule has 9 heteroatoms. The standard InChI is InChI=1S/C26H34N4O5/c1-19-17-21(5-12-25(19)30(32)33)27-20-3-8-24(9-4-20)35-18-26(31)29-15-13-28(14-16-29)22-6-10-23(34-2)11-7-22/h5-7,10-12,17,20,24,27H,3-4,8-9,13-16,18H2,1-2H3. The number of ether oxygens (including phenoxy) is 2. The minimum atomic E-state index is -0.357. The normalized spacial score (nSPS) is 20.4. The summed E-state index contributed by atoms with van der Waals surface area (Å²) < 4.78 is 11.2. The lowest BCUT2D eigenvalue weighted by atomic mass is 9.92. The Labute approximate surface area is 206 Å². The molecule has 1 aliphatic heterocycles. The lowest BCUT2D eigenvalue weighted by Gasteiger charge is -2.36.